The van der Waals surface area contributed by atoms with Crippen LogP contribution in [0.4, 0.5) is 23.2 Å². The maximum Gasteiger partial charge on any atom is 0.441 e. The fourth-order valence-electron chi connectivity index (χ4n) is 2.36. The molecule has 2 aromatic carbocycles. The first-order valence-corrected chi connectivity index (χ1v) is 8.37. The molecule has 0 heterocycles. The van der Waals surface area contributed by atoms with Gasteiger partial charge in [-0.05, 0) is 55.5 Å². The number of carbonyl (C=O) groups excluding carboxylic acids is 2. The van der Waals surface area contributed by atoms with Crippen LogP contribution in [0.25, 0.3) is 0 Å². The van der Waals surface area contributed by atoms with Crippen LogP contribution in [0.3, 0.4) is 0 Å². The SMILES string of the molecule is CCOC(=O)[C@](NC(=O)c1ccc(OC)cc1)(Nc1ccc(F)cc1)C(F)(F)F. The second-order valence-corrected chi connectivity index (χ2v) is 5.78. The minimum atomic E-state index is -5.30. The second kappa shape index (κ2) is 8.80. The van der Waals surface area contributed by atoms with Crippen LogP contribution in [0.1, 0.15) is 17.3 Å². The number of amides is 1. The zero-order valence-electron chi connectivity index (χ0n) is 15.5. The van der Waals surface area contributed by atoms with Crippen LogP contribution in [-0.2, 0) is 9.53 Å². The van der Waals surface area contributed by atoms with Gasteiger partial charge in [-0.3, -0.25) is 4.79 Å². The molecule has 0 aromatic heterocycles. The number of rotatable bonds is 7. The molecule has 2 aromatic rings. The highest BCUT2D eigenvalue weighted by Gasteiger charge is 2.63. The van der Waals surface area contributed by atoms with Gasteiger partial charge in [0, 0.05) is 11.3 Å². The first kappa shape index (κ1) is 22.0. The molecule has 0 aliphatic heterocycles. The van der Waals surface area contributed by atoms with E-state index in [1.807, 2.05) is 5.32 Å². The lowest BCUT2D eigenvalue weighted by atomic mass is 10.1. The van der Waals surface area contributed by atoms with Crippen LogP contribution >= 0.6 is 0 Å². The van der Waals surface area contributed by atoms with Gasteiger partial charge in [0.15, 0.2) is 0 Å². The summed E-state index contributed by atoms with van der Waals surface area (Å²) in [7, 11) is 1.39. The molecular weight excluding hydrogens is 396 g/mol. The van der Waals surface area contributed by atoms with Crippen molar-refractivity contribution in [2.24, 2.45) is 0 Å². The summed E-state index contributed by atoms with van der Waals surface area (Å²) in [6.07, 6.45) is -5.30. The Kier molecular flexibility index (Phi) is 6.68. The number of carbonyl (C=O) groups is 2. The zero-order chi connectivity index (χ0) is 21.7. The molecule has 10 heteroatoms. The Hall–Kier alpha value is -3.30. The average Bonchev–Trinajstić information content (AvgIpc) is 2.68. The van der Waals surface area contributed by atoms with Gasteiger partial charge in [-0.25, -0.2) is 9.18 Å². The van der Waals surface area contributed by atoms with Crippen LogP contribution in [-0.4, -0.2) is 37.4 Å². The summed E-state index contributed by atoms with van der Waals surface area (Å²) >= 11 is 0. The number of ether oxygens (including phenoxy) is 2. The third-order valence-electron chi connectivity index (χ3n) is 3.84. The van der Waals surface area contributed by atoms with E-state index < -0.39 is 29.5 Å². The van der Waals surface area contributed by atoms with E-state index in [9.17, 15) is 27.2 Å². The normalized spacial score (nSPS) is 13.2. The predicted molar refractivity (Wildman–Crippen MR) is 95.9 cm³/mol. The molecule has 2 rings (SSSR count). The monoisotopic (exact) mass is 414 g/mol. The van der Waals surface area contributed by atoms with Gasteiger partial charge in [-0.15, -0.1) is 0 Å². The van der Waals surface area contributed by atoms with Crippen molar-refractivity contribution in [2.75, 3.05) is 19.0 Å². The van der Waals surface area contributed by atoms with Gasteiger partial charge in [0.25, 0.3) is 5.91 Å². The standard InChI is InChI=1S/C19H18F4N2O4/c1-3-29-17(27)18(19(21,22)23,24-14-8-6-13(20)7-9-14)25-16(26)12-4-10-15(28-2)11-5-12/h4-11,24H,3H2,1-2H3,(H,25,26)/t18-/m1/s1. The Balaban J connectivity index is 2.46. The lowest BCUT2D eigenvalue weighted by Crippen LogP contribution is -2.69. The van der Waals surface area contributed by atoms with E-state index in [1.54, 1.807) is 5.32 Å². The van der Waals surface area contributed by atoms with Crippen molar-refractivity contribution < 1.29 is 36.6 Å². The molecule has 0 bridgehead atoms. The number of hydrogen-bond donors (Lipinski definition) is 2. The maximum absolute atomic E-state index is 14.0. The van der Waals surface area contributed by atoms with Crippen molar-refractivity contribution in [3.63, 3.8) is 0 Å². The quantitative estimate of drug-likeness (QED) is 0.412. The Labute approximate surface area is 163 Å². The lowest BCUT2D eigenvalue weighted by Gasteiger charge is -2.35. The predicted octanol–water partition coefficient (Wildman–Crippen LogP) is 3.50. The van der Waals surface area contributed by atoms with Crippen LogP contribution in [0.5, 0.6) is 5.75 Å². The van der Waals surface area contributed by atoms with E-state index in [1.165, 1.54) is 38.3 Å². The Bertz CT molecular complexity index is 854. The summed E-state index contributed by atoms with van der Waals surface area (Å²) in [5.41, 5.74) is -4.01. The van der Waals surface area contributed by atoms with Crippen molar-refractivity contribution >= 4 is 17.6 Å². The van der Waals surface area contributed by atoms with Crippen LogP contribution in [0.15, 0.2) is 48.5 Å². The first-order chi connectivity index (χ1) is 13.6. The largest absolute Gasteiger partial charge is 0.497 e. The summed E-state index contributed by atoms with van der Waals surface area (Å²) in [6, 6.07) is 9.02. The first-order valence-electron chi connectivity index (χ1n) is 8.37. The van der Waals surface area contributed by atoms with Crippen LogP contribution in [0, 0.1) is 5.82 Å². The average molecular weight is 414 g/mol. The van der Waals surface area contributed by atoms with Gasteiger partial charge >= 0.3 is 17.8 Å². The highest BCUT2D eigenvalue weighted by atomic mass is 19.4. The van der Waals surface area contributed by atoms with Gasteiger partial charge in [-0.1, -0.05) is 0 Å². The molecule has 0 unspecified atom stereocenters. The molecule has 29 heavy (non-hydrogen) atoms. The molecule has 156 valence electrons. The van der Waals surface area contributed by atoms with Gasteiger partial charge in [0.2, 0.25) is 0 Å². The van der Waals surface area contributed by atoms with Gasteiger partial charge in [0.1, 0.15) is 11.6 Å². The fraction of sp³-hybridized carbons (Fsp3) is 0.263. The fourth-order valence-corrected chi connectivity index (χ4v) is 2.36. The topological polar surface area (TPSA) is 76.7 Å². The van der Waals surface area contributed by atoms with Crippen LogP contribution < -0.4 is 15.4 Å². The molecule has 6 nitrogen and oxygen atoms in total. The third-order valence-corrected chi connectivity index (χ3v) is 3.84. The molecule has 0 fully saturated rings. The van der Waals surface area contributed by atoms with Crippen molar-refractivity contribution in [1.82, 2.24) is 5.32 Å². The zero-order valence-corrected chi connectivity index (χ0v) is 15.5. The highest BCUT2D eigenvalue weighted by molar-refractivity contribution is 5.99. The number of benzene rings is 2. The molecule has 2 N–H and O–H groups in total. The summed E-state index contributed by atoms with van der Waals surface area (Å²) in [6.45, 7) is 0.961. The second-order valence-electron chi connectivity index (χ2n) is 5.78. The molecule has 1 amide bonds. The summed E-state index contributed by atoms with van der Waals surface area (Å²) in [5, 5.41) is 3.63. The minimum Gasteiger partial charge on any atom is -0.497 e. The summed E-state index contributed by atoms with van der Waals surface area (Å²) in [5.74, 6) is -3.25. The maximum atomic E-state index is 14.0. The van der Waals surface area contributed by atoms with Gasteiger partial charge in [0.05, 0.1) is 13.7 Å². The van der Waals surface area contributed by atoms with E-state index in [-0.39, 0.29) is 17.9 Å². The third kappa shape index (κ3) is 4.95. The molecule has 0 saturated carbocycles. The Morgan fingerprint density at radius 1 is 1.00 bits per heavy atom. The van der Waals surface area contributed by atoms with E-state index in [2.05, 4.69) is 4.74 Å². The minimum absolute atomic E-state index is 0.148. The number of alkyl halides is 3. The van der Waals surface area contributed by atoms with Gasteiger partial charge < -0.3 is 20.1 Å². The molecule has 0 aliphatic carbocycles. The summed E-state index contributed by atoms with van der Waals surface area (Å²) in [4.78, 5) is 24.8. The van der Waals surface area contributed by atoms with Crippen LogP contribution in [0.2, 0.25) is 0 Å². The summed E-state index contributed by atoms with van der Waals surface area (Å²) < 4.78 is 64.7. The van der Waals surface area contributed by atoms with Crippen molar-refractivity contribution in [1.29, 1.82) is 0 Å². The molecule has 0 saturated heterocycles. The molecular formula is C19H18F4N2O4. The molecule has 0 spiro atoms. The van der Waals surface area contributed by atoms with Crippen molar-refractivity contribution in [3.8, 4) is 5.75 Å². The van der Waals surface area contributed by atoms with E-state index in [0.29, 0.717) is 5.75 Å². The van der Waals surface area contributed by atoms with E-state index >= 15 is 0 Å². The highest BCUT2D eigenvalue weighted by Crippen LogP contribution is 2.33. The number of esters is 1. The lowest BCUT2D eigenvalue weighted by molar-refractivity contribution is -0.204. The van der Waals surface area contributed by atoms with E-state index in [4.69, 9.17) is 4.74 Å². The number of nitrogens with one attached hydrogen (secondary N) is 2. The molecule has 1 atom stereocenters. The smallest absolute Gasteiger partial charge is 0.441 e. The van der Waals surface area contributed by atoms with Crippen molar-refractivity contribution in [2.45, 2.75) is 18.8 Å². The molecule has 0 radical (unpaired) electrons. The number of hydrogen-bond acceptors (Lipinski definition) is 5. The number of methoxy groups -OCH3 is 1. The number of halogens is 4. The van der Waals surface area contributed by atoms with Crippen molar-refractivity contribution in [3.05, 3.63) is 59.9 Å². The Morgan fingerprint density at radius 3 is 2.07 bits per heavy atom. The Morgan fingerprint density at radius 2 is 1.59 bits per heavy atom. The number of anilines is 1. The van der Waals surface area contributed by atoms with Gasteiger partial charge in [-0.2, -0.15) is 13.2 Å². The van der Waals surface area contributed by atoms with E-state index in [0.717, 1.165) is 24.3 Å². The molecule has 0 aliphatic rings.